The Balaban J connectivity index is 1.75. The lowest BCUT2D eigenvalue weighted by molar-refractivity contribution is -0.137. The lowest BCUT2D eigenvalue weighted by atomic mass is 10.1. The Morgan fingerprint density at radius 2 is 2.16 bits per heavy atom. The molecule has 1 saturated carbocycles. The van der Waals surface area contributed by atoms with Crippen LogP contribution in [0.15, 0.2) is 29.1 Å². The van der Waals surface area contributed by atoms with Gasteiger partial charge in [-0.05, 0) is 31.0 Å². The van der Waals surface area contributed by atoms with Crippen LogP contribution < -0.4 is 9.47 Å². The molecule has 1 N–H and O–H groups in total. The maximum absolute atomic E-state index is 12.6. The Bertz CT molecular complexity index is 758. The summed E-state index contributed by atoms with van der Waals surface area (Å²) in [5.74, 6) is -0.403. The quantitative estimate of drug-likeness (QED) is 0.776. The van der Waals surface area contributed by atoms with Crippen LogP contribution in [-0.4, -0.2) is 46.6 Å². The van der Waals surface area contributed by atoms with Crippen molar-refractivity contribution in [2.45, 2.75) is 25.5 Å². The van der Waals surface area contributed by atoms with E-state index in [1.807, 2.05) is 5.38 Å². The Kier molecular flexibility index (Phi) is 5.18. The van der Waals surface area contributed by atoms with E-state index in [1.165, 1.54) is 23.3 Å². The average Bonchev–Trinajstić information content (AvgIpc) is 3.32. The highest BCUT2D eigenvalue weighted by molar-refractivity contribution is 7.07. The van der Waals surface area contributed by atoms with E-state index >= 15 is 0 Å². The van der Waals surface area contributed by atoms with Gasteiger partial charge in [-0.3, -0.25) is 9.59 Å². The number of ether oxygens (including phenoxy) is 2. The molecule has 0 unspecified atom stereocenters. The lowest BCUT2D eigenvalue weighted by Crippen LogP contribution is -2.37. The van der Waals surface area contributed by atoms with Crippen LogP contribution in [0, 0.1) is 0 Å². The molecule has 0 bridgehead atoms. The number of hydrogen-bond acceptors (Lipinski definition) is 6. The Morgan fingerprint density at radius 3 is 2.76 bits per heavy atom. The fourth-order valence-electron chi connectivity index (χ4n) is 2.44. The summed E-state index contributed by atoms with van der Waals surface area (Å²) in [6.45, 7) is 0.00819. The third kappa shape index (κ3) is 4.27. The second-order valence-corrected chi connectivity index (χ2v) is 6.41. The number of thiazole rings is 1. The van der Waals surface area contributed by atoms with Crippen LogP contribution in [-0.2, 0) is 11.4 Å². The third-order valence-corrected chi connectivity index (χ3v) is 4.46. The van der Waals surface area contributed by atoms with Crippen LogP contribution in [0.5, 0.6) is 11.5 Å². The molecule has 1 aromatic carbocycles. The van der Waals surface area contributed by atoms with Crippen LogP contribution in [0.1, 0.15) is 28.9 Å². The van der Waals surface area contributed by atoms with Crippen LogP contribution in [0.4, 0.5) is 0 Å². The molecule has 8 heteroatoms. The normalized spacial score (nSPS) is 13.3. The van der Waals surface area contributed by atoms with Gasteiger partial charge in [0.15, 0.2) is 11.5 Å². The molecule has 132 valence electrons. The molecule has 0 aliphatic heterocycles. The van der Waals surface area contributed by atoms with Gasteiger partial charge < -0.3 is 19.5 Å². The highest BCUT2D eigenvalue weighted by atomic mass is 32.1. The Hall–Kier alpha value is -2.61. The monoisotopic (exact) mass is 362 g/mol. The van der Waals surface area contributed by atoms with Crippen LogP contribution in [0.2, 0.25) is 0 Å². The summed E-state index contributed by atoms with van der Waals surface area (Å²) >= 11 is 1.49. The van der Waals surface area contributed by atoms with Gasteiger partial charge in [0.25, 0.3) is 5.91 Å². The molecule has 1 aromatic heterocycles. The maximum atomic E-state index is 12.6. The summed E-state index contributed by atoms with van der Waals surface area (Å²) in [4.78, 5) is 29.2. The first kappa shape index (κ1) is 17.2. The molecule has 3 rings (SSSR count). The molecule has 1 heterocycles. The summed E-state index contributed by atoms with van der Waals surface area (Å²) in [7, 11) is 1.50. The van der Waals surface area contributed by atoms with E-state index in [9.17, 15) is 9.59 Å². The smallest absolute Gasteiger partial charge is 0.323 e. The van der Waals surface area contributed by atoms with Crippen LogP contribution in [0.25, 0.3) is 0 Å². The summed E-state index contributed by atoms with van der Waals surface area (Å²) in [6, 6.07) is 4.87. The minimum absolute atomic E-state index is 0.00943. The number of carboxylic acids is 1. The predicted molar refractivity (Wildman–Crippen MR) is 91.1 cm³/mol. The number of methoxy groups -OCH3 is 1. The molecule has 0 spiro atoms. The fourth-order valence-corrected chi connectivity index (χ4v) is 2.99. The van der Waals surface area contributed by atoms with Crippen LogP contribution in [0.3, 0.4) is 0 Å². The van der Waals surface area contributed by atoms with Crippen LogP contribution >= 0.6 is 11.3 Å². The predicted octanol–water partition coefficient (Wildman–Crippen LogP) is 2.42. The zero-order chi connectivity index (χ0) is 17.8. The summed E-state index contributed by atoms with van der Waals surface area (Å²) in [6.07, 6.45) is 1.68. The molecule has 1 aliphatic carbocycles. The van der Waals surface area contributed by atoms with Crippen molar-refractivity contribution >= 4 is 23.2 Å². The van der Waals surface area contributed by atoms with Crippen molar-refractivity contribution in [3.05, 3.63) is 40.3 Å². The lowest BCUT2D eigenvalue weighted by Gasteiger charge is -2.21. The van der Waals surface area contributed by atoms with Gasteiger partial charge in [0.1, 0.15) is 13.2 Å². The zero-order valence-electron chi connectivity index (χ0n) is 13.7. The van der Waals surface area contributed by atoms with Crippen molar-refractivity contribution in [1.82, 2.24) is 9.88 Å². The second-order valence-electron chi connectivity index (χ2n) is 5.69. The van der Waals surface area contributed by atoms with E-state index in [4.69, 9.17) is 14.6 Å². The van der Waals surface area contributed by atoms with Crippen molar-refractivity contribution in [2.75, 3.05) is 13.7 Å². The van der Waals surface area contributed by atoms with Gasteiger partial charge in [-0.1, -0.05) is 0 Å². The number of hydrogen-bond donors (Lipinski definition) is 1. The van der Waals surface area contributed by atoms with E-state index < -0.39 is 5.97 Å². The number of carbonyl (C=O) groups is 2. The van der Waals surface area contributed by atoms with Crippen molar-refractivity contribution in [3.63, 3.8) is 0 Å². The minimum Gasteiger partial charge on any atom is -0.493 e. The zero-order valence-corrected chi connectivity index (χ0v) is 14.5. The SMILES string of the molecule is COc1cc(C(=O)N(CC(=O)O)C2CC2)ccc1OCc1cscn1. The van der Waals surface area contributed by atoms with E-state index in [1.54, 1.807) is 23.7 Å². The molecule has 7 nitrogen and oxygen atoms in total. The number of aromatic nitrogens is 1. The van der Waals surface area contributed by atoms with Gasteiger partial charge >= 0.3 is 5.97 Å². The van der Waals surface area contributed by atoms with Gasteiger partial charge in [-0.2, -0.15) is 0 Å². The number of rotatable bonds is 8. The maximum Gasteiger partial charge on any atom is 0.323 e. The average molecular weight is 362 g/mol. The molecule has 0 radical (unpaired) electrons. The largest absolute Gasteiger partial charge is 0.493 e. The molecule has 1 amide bonds. The van der Waals surface area contributed by atoms with E-state index in [-0.39, 0.29) is 18.5 Å². The fraction of sp³-hybridized carbons (Fsp3) is 0.353. The molecule has 0 atom stereocenters. The first-order valence-corrected chi connectivity index (χ1v) is 8.73. The number of aliphatic carboxylic acids is 1. The van der Waals surface area contributed by atoms with Gasteiger partial charge in [0, 0.05) is 17.0 Å². The third-order valence-electron chi connectivity index (χ3n) is 3.82. The van der Waals surface area contributed by atoms with Gasteiger partial charge in [0.2, 0.25) is 0 Å². The summed E-state index contributed by atoms with van der Waals surface area (Å²) in [5, 5.41) is 10.9. The van der Waals surface area contributed by atoms with E-state index in [2.05, 4.69) is 4.98 Å². The molecule has 25 heavy (non-hydrogen) atoms. The minimum atomic E-state index is -1.02. The number of amides is 1. The standard InChI is InChI=1S/C17H18N2O5S/c1-23-15-6-11(17(22)19(7-16(20)21)13-3-4-13)2-5-14(15)24-8-12-9-25-10-18-12/h2,5-6,9-10,13H,3-4,7-8H2,1H3,(H,20,21). The Labute approximate surface area is 148 Å². The molecule has 1 aliphatic rings. The highest BCUT2D eigenvalue weighted by Crippen LogP contribution is 2.32. The molecular weight excluding hydrogens is 344 g/mol. The number of carbonyl (C=O) groups excluding carboxylic acids is 1. The van der Waals surface area contributed by atoms with Crippen molar-refractivity contribution < 1.29 is 24.2 Å². The number of nitrogens with zero attached hydrogens (tertiary/aromatic N) is 2. The van der Waals surface area contributed by atoms with E-state index in [0.29, 0.717) is 23.7 Å². The van der Waals surface area contributed by atoms with E-state index in [0.717, 1.165) is 18.5 Å². The molecule has 0 saturated heterocycles. The molecule has 1 fully saturated rings. The van der Waals surface area contributed by atoms with Crippen molar-refractivity contribution in [2.24, 2.45) is 0 Å². The van der Waals surface area contributed by atoms with Crippen molar-refractivity contribution in [3.8, 4) is 11.5 Å². The summed E-state index contributed by atoms with van der Waals surface area (Å²) in [5.41, 5.74) is 2.92. The molecular formula is C17H18N2O5S. The highest BCUT2D eigenvalue weighted by Gasteiger charge is 2.34. The van der Waals surface area contributed by atoms with Crippen molar-refractivity contribution in [1.29, 1.82) is 0 Å². The number of carboxylic acid groups (broad SMARTS) is 1. The first-order chi connectivity index (χ1) is 12.1. The number of benzene rings is 1. The van der Waals surface area contributed by atoms with Gasteiger partial charge in [-0.15, -0.1) is 11.3 Å². The topological polar surface area (TPSA) is 89.0 Å². The Morgan fingerprint density at radius 1 is 1.36 bits per heavy atom. The molecule has 2 aromatic rings. The summed E-state index contributed by atoms with van der Waals surface area (Å²) < 4.78 is 11.0. The van der Waals surface area contributed by atoms with Gasteiger partial charge in [-0.25, -0.2) is 4.98 Å². The van der Waals surface area contributed by atoms with Gasteiger partial charge in [0.05, 0.1) is 18.3 Å². The second kappa shape index (κ2) is 7.52. The first-order valence-electron chi connectivity index (χ1n) is 7.79.